The second-order valence-electron chi connectivity index (χ2n) is 12.7. The lowest BCUT2D eigenvalue weighted by Crippen LogP contribution is -2.49. The van der Waals surface area contributed by atoms with Crippen molar-refractivity contribution in [3.63, 3.8) is 0 Å². The topological polar surface area (TPSA) is 109 Å². The number of ether oxygens (including phenoxy) is 2. The zero-order valence-electron chi connectivity index (χ0n) is 28.9. The number of amides is 1. The van der Waals surface area contributed by atoms with Gasteiger partial charge in [-0.05, 0) is 54.6 Å². The number of aryl methyl sites for hydroxylation is 1. The van der Waals surface area contributed by atoms with Crippen LogP contribution < -0.4 is 24.8 Å². The molecule has 0 bridgehead atoms. The van der Waals surface area contributed by atoms with Gasteiger partial charge in [-0.1, -0.05) is 53.2 Å². The fourth-order valence-corrected chi connectivity index (χ4v) is 8.49. The Balaban J connectivity index is 1.14. The molecule has 2 fully saturated rings. The first-order chi connectivity index (χ1) is 24.7. The Bertz CT molecular complexity index is 2110. The maximum absolute atomic E-state index is 14.1. The van der Waals surface area contributed by atoms with Crippen LogP contribution in [0.3, 0.4) is 0 Å². The fourth-order valence-electron chi connectivity index (χ4n) is 6.30. The van der Waals surface area contributed by atoms with Crippen molar-refractivity contribution in [3.05, 3.63) is 99.3 Å². The van der Waals surface area contributed by atoms with Gasteiger partial charge in [-0.15, -0.1) is 16.7 Å². The van der Waals surface area contributed by atoms with Gasteiger partial charge in [0.05, 0.1) is 10.8 Å². The van der Waals surface area contributed by atoms with Crippen molar-refractivity contribution < 1.29 is 14.3 Å². The van der Waals surface area contributed by atoms with Gasteiger partial charge in [0, 0.05) is 75.5 Å². The van der Waals surface area contributed by atoms with E-state index in [1.54, 1.807) is 54.5 Å². The van der Waals surface area contributed by atoms with Crippen molar-refractivity contribution in [2.45, 2.75) is 17.5 Å². The normalized spacial score (nSPS) is 18.4. The number of halogens is 1. The molecule has 0 radical (unpaired) electrons. The minimum absolute atomic E-state index is 0.0168. The smallest absolute Gasteiger partial charge is 0.330 e. The lowest BCUT2D eigenvalue weighted by molar-refractivity contribution is -0.118. The monoisotopic (exact) mass is 770 g/mol. The number of hydrogen-bond donors (Lipinski definition) is 0. The summed E-state index contributed by atoms with van der Waals surface area (Å²) in [4.78, 5) is 48.6. The second-order valence-corrected chi connectivity index (χ2v) is 14.8. The number of benzene rings is 3. The van der Waals surface area contributed by atoms with E-state index in [9.17, 15) is 9.59 Å². The number of carbonyl (C=O) groups excluding carboxylic acids is 1. The molecule has 2 aliphatic heterocycles. The number of hydrogen-bond acceptors (Lipinski definition) is 11. The molecule has 51 heavy (non-hydrogen) atoms. The summed E-state index contributed by atoms with van der Waals surface area (Å²) >= 11 is 5.43. The number of carbonyl (C=O) groups is 1. The van der Waals surface area contributed by atoms with Crippen molar-refractivity contribution in [3.8, 4) is 23.5 Å². The molecule has 7 rings (SSSR count). The zero-order valence-corrected chi connectivity index (χ0v) is 31.3. The van der Waals surface area contributed by atoms with Crippen molar-refractivity contribution in [2.75, 3.05) is 63.2 Å². The van der Waals surface area contributed by atoms with Crippen LogP contribution in [-0.4, -0.2) is 93.8 Å². The summed E-state index contributed by atoms with van der Waals surface area (Å²) in [5.74, 6) is 1.21. The summed E-state index contributed by atoms with van der Waals surface area (Å²) in [6.07, 6.45) is 0. The largest absolute Gasteiger partial charge is 0.424 e. The third-order valence-electron chi connectivity index (χ3n) is 9.17. The van der Waals surface area contributed by atoms with Crippen LogP contribution in [0.25, 0.3) is 10.9 Å². The molecule has 2 unspecified atom stereocenters. The third-order valence-corrected chi connectivity index (χ3v) is 11.3. The van der Waals surface area contributed by atoms with Crippen LogP contribution in [0.2, 0.25) is 0 Å². The quantitative estimate of drug-likeness (QED) is 0.169. The van der Waals surface area contributed by atoms with Gasteiger partial charge in [0.1, 0.15) is 16.9 Å². The highest BCUT2D eigenvalue weighted by molar-refractivity contribution is 9.10. The van der Waals surface area contributed by atoms with Gasteiger partial charge in [-0.2, -0.15) is 9.97 Å². The van der Waals surface area contributed by atoms with Crippen LogP contribution >= 0.6 is 27.7 Å². The molecule has 0 N–H and O–H groups in total. The Labute approximate surface area is 309 Å². The number of likely N-dealkylation sites (N-methyl/N-ethyl adjacent to an activating group) is 1. The third kappa shape index (κ3) is 7.45. The summed E-state index contributed by atoms with van der Waals surface area (Å²) in [7, 11) is 5.32. The molecule has 2 atom stereocenters. The Morgan fingerprint density at radius 3 is 2.24 bits per heavy atom. The highest BCUT2D eigenvalue weighted by atomic mass is 79.9. The number of rotatable bonds is 10. The van der Waals surface area contributed by atoms with Gasteiger partial charge in [0.15, 0.2) is 0 Å². The summed E-state index contributed by atoms with van der Waals surface area (Å²) in [5.41, 5.74) is 2.31. The number of piperazine rings is 1. The van der Waals surface area contributed by atoms with Crippen LogP contribution in [0.1, 0.15) is 17.9 Å². The van der Waals surface area contributed by atoms with Gasteiger partial charge in [-0.25, -0.2) is 0 Å². The van der Waals surface area contributed by atoms with Crippen molar-refractivity contribution >= 4 is 56.1 Å². The van der Waals surface area contributed by atoms with Gasteiger partial charge in [0.25, 0.3) is 5.56 Å². The molecule has 5 aromatic rings. The summed E-state index contributed by atoms with van der Waals surface area (Å²) in [6, 6.07) is 24.3. The summed E-state index contributed by atoms with van der Waals surface area (Å²) in [5, 5.41) is 0.348. The molecule has 12 nitrogen and oxygen atoms in total. The van der Waals surface area contributed by atoms with E-state index in [1.807, 2.05) is 59.5 Å². The molecule has 1 amide bonds. The summed E-state index contributed by atoms with van der Waals surface area (Å²) < 4.78 is 14.7. The van der Waals surface area contributed by atoms with E-state index < -0.39 is 0 Å². The molecular formula is C37H39BrN8O4S. The van der Waals surface area contributed by atoms with Crippen molar-refractivity contribution in [1.82, 2.24) is 29.3 Å². The van der Waals surface area contributed by atoms with Gasteiger partial charge < -0.3 is 23.8 Å². The molecular weight excluding hydrogens is 732 g/mol. The van der Waals surface area contributed by atoms with Crippen LogP contribution in [0.4, 0.5) is 11.6 Å². The highest BCUT2D eigenvalue weighted by Crippen LogP contribution is 2.48. The average molecular weight is 772 g/mol. The van der Waals surface area contributed by atoms with Crippen molar-refractivity contribution in [2.24, 2.45) is 7.05 Å². The van der Waals surface area contributed by atoms with Crippen LogP contribution in [-0.2, 0) is 11.8 Å². The predicted molar refractivity (Wildman–Crippen MR) is 204 cm³/mol. The van der Waals surface area contributed by atoms with Gasteiger partial charge >= 0.3 is 12.0 Å². The SMILES string of the molecule is CCN1CCN(CC2SC(c3ccccc3Br)N(c3ccc(Oc4nc(Oc5cc(=O)n(C)c6ccccc56)nc(N(C)C)n4)cc3)C2=O)CC1. The minimum Gasteiger partial charge on any atom is -0.424 e. The van der Waals surface area contributed by atoms with Crippen LogP contribution in [0, 0.1) is 0 Å². The summed E-state index contributed by atoms with van der Waals surface area (Å²) in [6.45, 7) is 7.93. The van der Waals surface area contributed by atoms with E-state index in [0.717, 1.165) is 59.4 Å². The molecule has 2 aromatic heterocycles. The Hall–Kier alpha value is -4.50. The maximum atomic E-state index is 14.1. The molecule has 3 aromatic carbocycles. The molecule has 4 heterocycles. The highest BCUT2D eigenvalue weighted by Gasteiger charge is 2.43. The Kier molecular flexibility index (Phi) is 10.3. The first-order valence-corrected chi connectivity index (χ1v) is 18.6. The lowest BCUT2D eigenvalue weighted by atomic mass is 10.1. The van der Waals surface area contributed by atoms with Gasteiger partial charge in [-0.3, -0.25) is 19.4 Å². The number of anilines is 2. The zero-order chi connectivity index (χ0) is 35.6. The maximum Gasteiger partial charge on any atom is 0.330 e. The molecule has 14 heteroatoms. The Morgan fingerprint density at radius 1 is 0.863 bits per heavy atom. The van der Waals surface area contributed by atoms with Crippen molar-refractivity contribution in [1.29, 1.82) is 0 Å². The second kappa shape index (κ2) is 15.0. The number of aromatic nitrogens is 4. The number of para-hydroxylation sites is 1. The van der Waals surface area contributed by atoms with E-state index >= 15 is 0 Å². The number of fused-ring (bicyclic) bond motifs is 1. The molecule has 2 aliphatic rings. The predicted octanol–water partition coefficient (Wildman–Crippen LogP) is 5.92. The van der Waals surface area contributed by atoms with Gasteiger partial charge in [0.2, 0.25) is 11.9 Å². The van der Waals surface area contributed by atoms with E-state index in [2.05, 4.69) is 53.7 Å². The fraction of sp³-hybridized carbons (Fsp3) is 0.324. The van der Waals surface area contributed by atoms with E-state index in [4.69, 9.17) is 9.47 Å². The van der Waals surface area contributed by atoms with E-state index in [1.165, 1.54) is 6.07 Å². The lowest BCUT2D eigenvalue weighted by Gasteiger charge is -2.34. The number of nitrogens with zero attached hydrogens (tertiary/aromatic N) is 8. The standard InChI is InChI=1S/C37H39BrN8O4S/c1-5-44-18-20-45(21-19-44)23-31-33(48)46(34(51-31)26-10-6-8-12-28(26)38)24-14-16-25(17-15-24)49-36-39-35(42(2)3)40-37(41-36)50-30-22-32(47)43(4)29-13-9-7-11-27(29)30/h6-17,22,31,34H,5,18-21,23H2,1-4H3. The molecule has 0 aliphatic carbocycles. The van der Waals surface area contributed by atoms with E-state index in [0.29, 0.717) is 24.0 Å². The van der Waals surface area contributed by atoms with Crippen LogP contribution in [0.5, 0.6) is 23.5 Å². The van der Waals surface area contributed by atoms with E-state index in [-0.39, 0.29) is 34.1 Å². The molecule has 264 valence electrons. The first-order valence-electron chi connectivity index (χ1n) is 16.8. The molecule has 2 saturated heterocycles. The Morgan fingerprint density at radius 2 is 1.53 bits per heavy atom. The molecule has 0 spiro atoms. The van der Waals surface area contributed by atoms with Crippen LogP contribution in [0.15, 0.2) is 88.1 Å². The number of thioether (sulfide) groups is 1. The molecule has 0 saturated carbocycles. The average Bonchev–Trinajstić information content (AvgIpc) is 3.45. The number of pyridine rings is 1. The first kappa shape index (κ1) is 34.9. The minimum atomic E-state index is -0.222.